The molecule has 0 heterocycles. The quantitative estimate of drug-likeness (QED) is 0.238. The molecule has 0 saturated heterocycles. The van der Waals surface area contributed by atoms with Gasteiger partial charge in [0.1, 0.15) is 0 Å². The number of hydrogen-bond donors (Lipinski definition) is 0. The molecule has 0 N–H and O–H groups in total. The molecule has 1 aliphatic rings. The summed E-state index contributed by atoms with van der Waals surface area (Å²) in [6, 6.07) is 6.50. The van der Waals surface area contributed by atoms with Gasteiger partial charge in [0.05, 0.1) is 6.61 Å². The van der Waals surface area contributed by atoms with E-state index in [1.807, 2.05) is 0 Å². The summed E-state index contributed by atoms with van der Waals surface area (Å²) < 4.78 is 62.7. The molecular formula is C28H36F4O. The summed E-state index contributed by atoms with van der Waals surface area (Å²) in [4.78, 5) is 0. The van der Waals surface area contributed by atoms with Gasteiger partial charge in [-0.25, -0.2) is 13.2 Å². The van der Waals surface area contributed by atoms with E-state index in [0.717, 1.165) is 57.8 Å². The third kappa shape index (κ3) is 6.74. The second-order valence-electron chi connectivity index (χ2n) is 9.47. The Bertz CT molecular complexity index is 903. The van der Waals surface area contributed by atoms with Gasteiger partial charge in [-0.2, -0.15) is 4.39 Å². The summed E-state index contributed by atoms with van der Waals surface area (Å²) in [7, 11) is 0. The van der Waals surface area contributed by atoms with Gasteiger partial charge in [-0.15, -0.1) is 0 Å². The normalized spacial score (nSPS) is 18.5. The number of benzene rings is 2. The Hall–Kier alpha value is -2.04. The maximum absolute atomic E-state index is 14.8. The summed E-state index contributed by atoms with van der Waals surface area (Å²) in [5, 5.41) is 0. The van der Waals surface area contributed by atoms with Crippen LogP contribution in [0.4, 0.5) is 17.6 Å². The molecule has 2 aromatic carbocycles. The minimum atomic E-state index is -0.889. The van der Waals surface area contributed by atoms with Crippen LogP contribution in [0.15, 0.2) is 24.3 Å². The lowest BCUT2D eigenvalue weighted by Gasteiger charge is -2.29. The molecule has 1 fully saturated rings. The first kappa shape index (κ1) is 25.6. The van der Waals surface area contributed by atoms with E-state index in [4.69, 9.17) is 4.74 Å². The van der Waals surface area contributed by atoms with Crippen LogP contribution in [0, 0.1) is 36.1 Å². The van der Waals surface area contributed by atoms with Crippen LogP contribution in [0.2, 0.25) is 0 Å². The van der Waals surface area contributed by atoms with Gasteiger partial charge in [0, 0.05) is 0 Å². The smallest absolute Gasteiger partial charge is 0.200 e. The van der Waals surface area contributed by atoms with Crippen LogP contribution in [0.3, 0.4) is 0 Å². The Balaban J connectivity index is 1.49. The van der Waals surface area contributed by atoms with E-state index < -0.39 is 23.3 Å². The molecule has 0 spiro atoms. The maximum Gasteiger partial charge on any atom is 0.200 e. The lowest BCUT2D eigenvalue weighted by atomic mass is 9.76. The van der Waals surface area contributed by atoms with Crippen LogP contribution in [-0.4, -0.2) is 6.61 Å². The first-order chi connectivity index (χ1) is 15.9. The highest BCUT2D eigenvalue weighted by Gasteiger charge is 2.27. The molecule has 33 heavy (non-hydrogen) atoms. The maximum atomic E-state index is 14.8. The summed E-state index contributed by atoms with van der Waals surface area (Å²) in [6.07, 6.45) is 9.89. The fourth-order valence-electron chi connectivity index (χ4n) is 4.86. The van der Waals surface area contributed by atoms with Crippen molar-refractivity contribution in [3.63, 3.8) is 0 Å². The van der Waals surface area contributed by atoms with Gasteiger partial charge >= 0.3 is 0 Å². The number of hydrogen-bond acceptors (Lipinski definition) is 1. The number of halogens is 4. The SMILES string of the molecule is CCCCCCCOc1ccc(C2CCC(CCc3ccc(C)c(F)c3F)CC2)c(F)c1F. The third-order valence-electron chi connectivity index (χ3n) is 7.05. The van der Waals surface area contributed by atoms with Gasteiger partial charge in [0.25, 0.3) is 0 Å². The molecule has 182 valence electrons. The fraction of sp³-hybridized carbons (Fsp3) is 0.571. The van der Waals surface area contributed by atoms with E-state index in [-0.39, 0.29) is 11.7 Å². The van der Waals surface area contributed by atoms with Gasteiger partial charge in [-0.05, 0) is 86.5 Å². The van der Waals surface area contributed by atoms with Crippen LogP contribution in [0.25, 0.3) is 0 Å². The molecule has 5 heteroatoms. The molecule has 0 amide bonds. The third-order valence-corrected chi connectivity index (χ3v) is 7.05. The highest BCUT2D eigenvalue weighted by molar-refractivity contribution is 5.33. The Kier molecular flexibility index (Phi) is 9.64. The topological polar surface area (TPSA) is 9.23 Å². The molecule has 1 saturated carbocycles. The van der Waals surface area contributed by atoms with Gasteiger partial charge in [0.15, 0.2) is 23.2 Å². The predicted octanol–water partition coefficient (Wildman–Crippen LogP) is 8.81. The number of unbranched alkanes of at least 4 members (excludes halogenated alkanes) is 4. The molecule has 3 rings (SSSR count). The molecule has 1 nitrogen and oxygen atoms in total. The van der Waals surface area contributed by atoms with Gasteiger partial charge in [-0.1, -0.05) is 50.8 Å². The van der Waals surface area contributed by atoms with Crippen molar-refractivity contribution in [1.29, 1.82) is 0 Å². The van der Waals surface area contributed by atoms with E-state index >= 15 is 0 Å². The van der Waals surface area contributed by atoms with Crippen molar-refractivity contribution in [1.82, 2.24) is 0 Å². The van der Waals surface area contributed by atoms with Crippen LogP contribution >= 0.6 is 0 Å². The second-order valence-corrected chi connectivity index (χ2v) is 9.47. The number of aryl methyl sites for hydroxylation is 2. The summed E-state index contributed by atoms with van der Waals surface area (Å²) in [5.74, 6) is -2.84. The second kappa shape index (κ2) is 12.4. The van der Waals surface area contributed by atoms with E-state index in [1.54, 1.807) is 31.2 Å². The molecule has 0 unspecified atom stereocenters. The van der Waals surface area contributed by atoms with Crippen molar-refractivity contribution >= 4 is 0 Å². The Morgan fingerprint density at radius 2 is 1.52 bits per heavy atom. The highest BCUT2D eigenvalue weighted by atomic mass is 19.2. The van der Waals surface area contributed by atoms with Crippen molar-refractivity contribution in [2.24, 2.45) is 5.92 Å². The van der Waals surface area contributed by atoms with Crippen molar-refractivity contribution < 1.29 is 22.3 Å². The van der Waals surface area contributed by atoms with E-state index in [1.165, 1.54) is 6.42 Å². The zero-order chi connectivity index (χ0) is 23.8. The van der Waals surface area contributed by atoms with Crippen molar-refractivity contribution in [3.8, 4) is 5.75 Å². The molecule has 0 aliphatic heterocycles. The zero-order valence-corrected chi connectivity index (χ0v) is 19.9. The van der Waals surface area contributed by atoms with Crippen molar-refractivity contribution in [3.05, 3.63) is 64.2 Å². The first-order valence-electron chi connectivity index (χ1n) is 12.5. The van der Waals surface area contributed by atoms with Gasteiger partial charge < -0.3 is 4.74 Å². The average molecular weight is 465 g/mol. The minimum absolute atomic E-state index is 0.00668. The first-order valence-corrected chi connectivity index (χ1v) is 12.5. The number of ether oxygens (including phenoxy) is 1. The number of rotatable bonds is 11. The Labute approximate surface area is 195 Å². The monoisotopic (exact) mass is 464 g/mol. The molecule has 2 aromatic rings. The lowest BCUT2D eigenvalue weighted by molar-refractivity contribution is 0.280. The van der Waals surface area contributed by atoms with E-state index in [2.05, 4.69) is 6.92 Å². The van der Waals surface area contributed by atoms with E-state index in [9.17, 15) is 17.6 Å². The van der Waals surface area contributed by atoms with Gasteiger partial charge in [0.2, 0.25) is 5.82 Å². The van der Waals surface area contributed by atoms with Crippen LogP contribution in [0.5, 0.6) is 5.75 Å². The molecule has 0 atom stereocenters. The molecule has 1 aliphatic carbocycles. The standard InChI is InChI=1S/C28H36F4O/c1-3-4-5-6-7-18-33-24-17-16-23(27(31)28(24)32)21-13-9-20(10-14-21)11-15-22-12-8-19(2)25(29)26(22)30/h8,12,16-17,20-21H,3-7,9-11,13-15,18H2,1-2H3. The summed E-state index contributed by atoms with van der Waals surface area (Å²) in [5.41, 5.74) is 1.15. The largest absolute Gasteiger partial charge is 0.490 e. The molecule has 0 bridgehead atoms. The molecule has 0 aromatic heterocycles. The van der Waals surface area contributed by atoms with Crippen LogP contribution < -0.4 is 4.74 Å². The molecular weight excluding hydrogens is 428 g/mol. The zero-order valence-electron chi connectivity index (χ0n) is 19.9. The summed E-state index contributed by atoms with van der Waals surface area (Å²) >= 11 is 0. The van der Waals surface area contributed by atoms with Crippen molar-refractivity contribution in [2.45, 2.75) is 90.4 Å². The minimum Gasteiger partial charge on any atom is -0.490 e. The Morgan fingerprint density at radius 3 is 2.24 bits per heavy atom. The predicted molar refractivity (Wildman–Crippen MR) is 125 cm³/mol. The van der Waals surface area contributed by atoms with E-state index in [0.29, 0.717) is 35.6 Å². The fourth-order valence-corrected chi connectivity index (χ4v) is 4.86. The Morgan fingerprint density at radius 1 is 0.788 bits per heavy atom. The van der Waals surface area contributed by atoms with Crippen LogP contribution in [-0.2, 0) is 6.42 Å². The average Bonchev–Trinajstić information content (AvgIpc) is 2.82. The van der Waals surface area contributed by atoms with Crippen LogP contribution in [0.1, 0.15) is 93.7 Å². The summed E-state index contributed by atoms with van der Waals surface area (Å²) in [6.45, 7) is 4.10. The molecule has 0 radical (unpaired) electrons. The lowest BCUT2D eigenvalue weighted by Crippen LogP contribution is -2.16. The van der Waals surface area contributed by atoms with Crippen molar-refractivity contribution in [2.75, 3.05) is 6.61 Å². The van der Waals surface area contributed by atoms with Gasteiger partial charge in [-0.3, -0.25) is 0 Å². The highest BCUT2D eigenvalue weighted by Crippen LogP contribution is 2.40.